The monoisotopic (exact) mass is 385 g/mol. The van der Waals surface area contributed by atoms with Crippen molar-refractivity contribution < 1.29 is 9.47 Å². The summed E-state index contributed by atoms with van der Waals surface area (Å²) in [7, 11) is 3.24. The molecule has 0 aliphatic carbocycles. The number of ether oxygens (including phenoxy) is 2. The van der Waals surface area contributed by atoms with Crippen LogP contribution in [0.5, 0.6) is 11.5 Å². The SMILES string of the molecule is COc1cc(Cl)cc(CNC(C)c2cnn(-c3ccccc3)c2C)c1OC. The highest BCUT2D eigenvalue weighted by atomic mass is 35.5. The van der Waals surface area contributed by atoms with Crippen LogP contribution >= 0.6 is 11.6 Å². The molecule has 0 aliphatic heterocycles. The van der Waals surface area contributed by atoms with Gasteiger partial charge < -0.3 is 14.8 Å². The minimum absolute atomic E-state index is 0.108. The number of nitrogens with zero attached hydrogens (tertiary/aromatic N) is 2. The molecule has 0 radical (unpaired) electrons. The zero-order valence-electron chi connectivity index (χ0n) is 16.0. The van der Waals surface area contributed by atoms with Gasteiger partial charge in [0.05, 0.1) is 26.1 Å². The molecule has 0 fully saturated rings. The summed E-state index contributed by atoms with van der Waals surface area (Å²) in [5.74, 6) is 1.32. The van der Waals surface area contributed by atoms with Crippen molar-refractivity contribution in [3.8, 4) is 17.2 Å². The smallest absolute Gasteiger partial charge is 0.165 e. The third kappa shape index (κ3) is 4.10. The van der Waals surface area contributed by atoms with Crippen LogP contribution < -0.4 is 14.8 Å². The highest BCUT2D eigenvalue weighted by molar-refractivity contribution is 6.30. The molecule has 6 heteroatoms. The summed E-state index contributed by atoms with van der Waals surface area (Å²) < 4.78 is 12.8. The highest BCUT2D eigenvalue weighted by Gasteiger charge is 2.16. The van der Waals surface area contributed by atoms with Gasteiger partial charge in [-0.05, 0) is 32.0 Å². The van der Waals surface area contributed by atoms with Crippen molar-refractivity contribution in [2.75, 3.05) is 14.2 Å². The molecule has 142 valence electrons. The molecule has 5 nitrogen and oxygen atoms in total. The van der Waals surface area contributed by atoms with Gasteiger partial charge in [0.25, 0.3) is 0 Å². The van der Waals surface area contributed by atoms with Crippen LogP contribution in [-0.2, 0) is 6.54 Å². The molecule has 0 saturated carbocycles. The summed E-state index contributed by atoms with van der Waals surface area (Å²) in [5, 5.41) is 8.69. The molecule has 0 bridgehead atoms. The molecule has 3 aromatic rings. The number of benzene rings is 2. The van der Waals surface area contributed by atoms with Crippen LogP contribution in [0.25, 0.3) is 5.69 Å². The Morgan fingerprint density at radius 2 is 1.89 bits per heavy atom. The van der Waals surface area contributed by atoms with Crippen molar-refractivity contribution in [1.29, 1.82) is 0 Å². The van der Waals surface area contributed by atoms with Crippen LogP contribution in [0.3, 0.4) is 0 Å². The number of para-hydroxylation sites is 1. The molecule has 27 heavy (non-hydrogen) atoms. The Kier molecular flexibility index (Phi) is 6.04. The third-order valence-corrected chi connectivity index (χ3v) is 4.85. The molecule has 1 N–H and O–H groups in total. The Morgan fingerprint density at radius 3 is 2.56 bits per heavy atom. The Labute approximate surface area is 164 Å². The van der Waals surface area contributed by atoms with Crippen LogP contribution in [0, 0.1) is 6.92 Å². The molecular weight excluding hydrogens is 362 g/mol. The fourth-order valence-electron chi connectivity index (χ4n) is 3.19. The van der Waals surface area contributed by atoms with Crippen LogP contribution in [0.4, 0.5) is 0 Å². The zero-order valence-corrected chi connectivity index (χ0v) is 16.7. The maximum Gasteiger partial charge on any atom is 0.165 e. The maximum atomic E-state index is 6.21. The molecule has 0 aliphatic rings. The maximum absolute atomic E-state index is 6.21. The lowest BCUT2D eigenvalue weighted by Gasteiger charge is -2.17. The van der Waals surface area contributed by atoms with E-state index in [-0.39, 0.29) is 6.04 Å². The van der Waals surface area contributed by atoms with E-state index < -0.39 is 0 Å². The fourth-order valence-corrected chi connectivity index (χ4v) is 3.42. The predicted octanol–water partition coefficient (Wildman–Crippen LogP) is 4.70. The average molecular weight is 386 g/mol. The topological polar surface area (TPSA) is 48.3 Å². The summed E-state index contributed by atoms with van der Waals surface area (Å²) in [6, 6.07) is 13.9. The minimum Gasteiger partial charge on any atom is -0.493 e. The summed E-state index contributed by atoms with van der Waals surface area (Å²) >= 11 is 6.21. The Hall–Kier alpha value is -2.50. The van der Waals surface area contributed by atoms with Crippen molar-refractivity contribution in [2.45, 2.75) is 26.4 Å². The molecule has 1 atom stereocenters. The van der Waals surface area contributed by atoms with E-state index in [0.29, 0.717) is 23.1 Å². The number of halogens is 1. The Balaban J connectivity index is 1.79. The minimum atomic E-state index is 0.108. The molecule has 0 spiro atoms. The summed E-state index contributed by atoms with van der Waals surface area (Å²) in [5.41, 5.74) is 4.25. The number of aromatic nitrogens is 2. The van der Waals surface area contributed by atoms with Gasteiger partial charge in [0.2, 0.25) is 0 Å². The quantitative estimate of drug-likeness (QED) is 0.640. The average Bonchev–Trinajstić information content (AvgIpc) is 3.07. The highest BCUT2D eigenvalue weighted by Crippen LogP contribution is 2.34. The van der Waals surface area contributed by atoms with Crippen molar-refractivity contribution >= 4 is 11.6 Å². The van der Waals surface area contributed by atoms with Gasteiger partial charge in [0.15, 0.2) is 11.5 Å². The number of hydrogen-bond acceptors (Lipinski definition) is 4. The van der Waals surface area contributed by atoms with Gasteiger partial charge >= 0.3 is 0 Å². The van der Waals surface area contributed by atoms with E-state index in [2.05, 4.69) is 24.3 Å². The number of nitrogens with one attached hydrogen (secondary N) is 1. The number of methoxy groups -OCH3 is 2. The van der Waals surface area contributed by atoms with E-state index in [4.69, 9.17) is 21.1 Å². The van der Waals surface area contributed by atoms with Gasteiger partial charge in [0, 0.05) is 40.5 Å². The summed E-state index contributed by atoms with van der Waals surface area (Å²) in [6.07, 6.45) is 1.91. The predicted molar refractivity (Wildman–Crippen MR) is 108 cm³/mol. The van der Waals surface area contributed by atoms with Crippen molar-refractivity contribution in [3.63, 3.8) is 0 Å². The first-order valence-electron chi connectivity index (χ1n) is 8.79. The van der Waals surface area contributed by atoms with Crippen LogP contribution in [0.15, 0.2) is 48.7 Å². The number of hydrogen-bond donors (Lipinski definition) is 1. The van der Waals surface area contributed by atoms with E-state index >= 15 is 0 Å². The van der Waals surface area contributed by atoms with E-state index in [1.807, 2.05) is 47.3 Å². The molecule has 1 aromatic heterocycles. The molecule has 0 saturated heterocycles. The zero-order chi connectivity index (χ0) is 19.4. The lowest BCUT2D eigenvalue weighted by molar-refractivity contribution is 0.350. The fraction of sp³-hybridized carbons (Fsp3) is 0.286. The van der Waals surface area contributed by atoms with Crippen LogP contribution in [0.1, 0.15) is 29.8 Å². The Bertz CT molecular complexity index is 909. The van der Waals surface area contributed by atoms with Crippen molar-refractivity contribution in [2.24, 2.45) is 0 Å². The summed E-state index contributed by atoms with van der Waals surface area (Å²) in [4.78, 5) is 0. The largest absolute Gasteiger partial charge is 0.493 e. The van der Waals surface area contributed by atoms with Gasteiger partial charge in [-0.25, -0.2) is 4.68 Å². The normalized spacial score (nSPS) is 12.0. The van der Waals surface area contributed by atoms with E-state index in [1.54, 1.807) is 20.3 Å². The standard InChI is InChI=1S/C21H24ClN3O2/c1-14(19-13-24-25(15(19)2)18-8-6-5-7-9-18)23-12-16-10-17(22)11-20(26-3)21(16)27-4/h5-11,13-14,23H,12H2,1-4H3. The van der Waals surface area contributed by atoms with Crippen LogP contribution in [-0.4, -0.2) is 24.0 Å². The van der Waals surface area contributed by atoms with Gasteiger partial charge in [-0.1, -0.05) is 29.8 Å². The second-order valence-corrected chi connectivity index (χ2v) is 6.77. The van der Waals surface area contributed by atoms with Gasteiger partial charge in [-0.3, -0.25) is 0 Å². The van der Waals surface area contributed by atoms with Crippen LogP contribution in [0.2, 0.25) is 5.02 Å². The van der Waals surface area contributed by atoms with E-state index in [0.717, 1.165) is 22.5 Å². The van der Waals surface area contributed by atoms with E-state index in [1.165, 1.54) is 0 Å². The van der Waals surface area contributed by atoms with E-state index in [9.17, 15) is 0 Å². The Morgan fingerprint density at radius 1 is 1.15 bits per heavy atom. The first kappa shape index (κ1) is 19.3. The first-order valence-corrected chi connectivity index (χ1v) is 9.16. The van der Waals surface area contributed by atoms with Crippen molar-refractivity contribution in [3.05, 3.63) is 70.5 Å². The molecular formula is C21H24ClN3O2. The second-order valence-electron chi connectivity index (χ2n) is 6.34. The molecule has 1 unspecified atom stereocenters. The molecule has 1 heterocycles. The lowest BCUT2D eigenvalue weighted by atomic mass is 10.1. The van der Waals surface area contributed by atoms with Gasteiger partial charge in [-0.2, -0.15) is 5.10 Å². The molecule has 0 amide bonds. The second kappa shape index (κ2) is 8.46. The van der Waals surface area contributed by atoms with Gasteiger partial charge in [-0.15, -0.1) is 0 Å². The van der Waals surface area contributed by atoms with Crippen molar-refractivity contribution in [1.82, 2.24) is 15.1 Å². The molecule has 2 aromatic carbocycles. The van der Waals surface area contributed by atoms with Gasteiger partial charge in [0.1, 0.15) is 0 Å². The lowest BCUT2D eigenvalue weighted by Crippen LogP contribution is -2.19. The number of rotatable bonds is 7. The first-order chi connectivity index (χ1) is 13.0. The molecule has 3 rings (SSSR count). The third-order valence-electron chi connectivity index (χ3n) is 4.63. The summed E-state index contributed by atoms with van der Waals surface area (Å²) in [6.45, 7) is 4.79.